The van der Waals surface area contributed by atoms with Crippen LogP contribution in [0.25, 0.3) is 0 Å². The van der Waals surface area contributed by atoms with Crippen molar-refractivity contribution in [2.24, 2.45) is 0 Å². The lowest BCUT2D eigenvalue weighted by Gasteiger charge is -2.27. The zero-order valence-electron chi connectivity index (χ0n) is 22.2. The number of amides is 1. The quantitative estimate of drug-likeness (QED) is 0.366. The van der Waals surface area contributed by atoms with Gasteiger partial charge in [0.05, 0.1) is 52.2 Å². The first-order valence-electron chi connectivity index (χ1n) is 11.6. The number of methoxy groups -OCH3 is 5. The molecule has 0 spiro atoms. The number of anilines is 1. The molecular formula is C27H32N2O8S. The van der Waals surface area contributed by atoms with Crippen molar-refractivity contribution in [2.45, 2.75) is 17.9 Å². The summed E-state index contributed by atoms with van der Waals surface area (Å²) in [5.41, 5.74) is 0.873. The van der Waals surface area contributed by atoms with Crippen LogP contribution in [-0.2, 0) is 14.8 Å². The minimum atomic E-state index is -4.30. The number of carbonyl (C=O) groups excluding carboxylic acids is 1. The van der Waals surface area contributed by atoms with Gasteiger partial charge in [0.25, 0.3) is 10.0 Å². The van der Waals surface area contributed by atoms with E-state index in [1.54, 1.807) is 32.2 Å². The van der Waals surface area contributed by atoms with Gasteiger partial charge in [-0.05, 0) is 37.3 Å². The van der Waals surface area contributed by atoms with Gasteiger partial charge in [-0.1, -0.05) is 18.2 Å². The summed E-state index contributed by atoms with van der Waals surface area (Å²) in [5, 5.41) is 2.86. The largest absolute Gasteiger partial charge is 0.497 e. The van der Waals surface area contributed by atoms with Crippen LogP contribution in [0.4, 0.5) is 5.69 Å². The average Bonchev–Trinajstić information content (AvgIpc) is 2.94. The molecule has 1 N–H and O–H groups in total. The maximum Gasteiger partial charge on any atom is 0.265 e. The SMILES string of the molecule is COc1ccc(OC)c(N(CC(=O)N[C@@H](C)c2ccccc2OC)S(=O)(=O)c2ccc(OC)c(OC)c2)c1. The fourth-order valence-corrected chi connectivity index (χ4v) is 5.35. The molecule has 0 unspecified atom stereocenters. The van der Waals surface area contributed by atoms with Gasteiger partial charge in [-0.2, -0.15) is 0 Å². The Balaban J connectivity index is 2.06. The summed E-state index contributed by atoms with van der Waals surface area (Å²) in [4.78, 5) is 13.2. The standard InChI is InChI=1S/C27H32N2O8S/c1-18(21-9-7-8-10-23(21)34-3)28-27(30)17-29(22-15-19(33-2)11-13-24(22)35-4)38(31,32)20-12-14-25(36-5)26(16-20)37-6/h7-16,18H,17H2,1-6H3,(H,28,30)/t18-/m0/s1. The average molecular weight is 545 g/mol. The second-order valence-corrected chi connectivity index (χ2v) is 9.96. The Kier molecular flexibility index (Phi) is 9.30. The van der Waals surface area contributed by atoms with E-state index in [0.717, 1.165) is 9.87 Å². The molecule has 0 aliphatic rings. The highest BCUT2D eigenvalue weighted by atomic mass is 32.2. The van der Waals surface area contributed by atoms with E-state index in [1.807, 2.05) is 18.2 Å². The third-order valence-electron chi connectivity index (χ3n) is 5.87. The van der Waals surface area contributed by atoms with Gasteiger partial charge in [0.1, 0.15) is 23.8 Å². The fraction of sp³-hybridized carbons (Fsp3) is 0.296. The van der Waals surface area contributed by atoms with Gasteiger partial charge >= 0.3 is 0 Å². The maximum absolute atomic E-state index is 14.0. The minimum absolute atomic E-state index is 0.106. The van der Waals surface area contributed by atoms with Crippen molar-refractivity contribution < 1.29 is 36.9 Å². The Hall–Kier alpha value is -4.12. The zero-order chi connectivity index (χ0) is 27.9. The van der Waals surface area contributed by atoms with Crippen molar-refractivity contribution in [3.05, 3.63) is 66.2 Å². The normalized spacial score (nSPS) is 11.7. The van der Waals surface area contributed by atoms with Crippen molar-refractivity contribution in [1.29, 1.82) is 0 Å². The number of ether oxygens (including phenoxy) is 5. The van der Waals surface area contributed by atoms with E-state index in [1.165, 1.54) is 52.7 Å². The first kappa shape index (κ1) is 28.5. The summed E-state index contributed by atoms with van der Waals surface area (Å²) < 4.78 is 55.7. The van der Waals surface area contributed by atoms with Crippen molar-refractivity contribution in [3.63, 3.8) is 0 Å². The minimum Gasteiger partial charge on any atom is -0.497 e. The fourth-order valence-electron chi connectivity index (χ4n) is 3.91. The van der Waals surface area contributed by atoms with Crippen LogP contribution in [0.5, 0.6) is 28.7 Å². The first-order chi connectivity index (χ1) is 18.2. The third-order valence-corrected chi connectivity index (χ3v) is 7.62. The number of para-hydroxylation sites is 1. The lowest BCUT2D eigenvalue weighted by Crippen LogP contribution is -2.41. The van der Waals surface area contributed by atoms with Crippen molar-refractivity contribution in [2.75, 3.05) is 46.4 Å². The molecule has 0 bridgehead atoms. The van der Waals surface area contributed by atoms with Crippen LogP contribution < -0.4 is 33.3 Å². The molecular weight excluding hydrogens is 512 g/mol. The number of benzene rings is 3. The molecule has 0 radical (unpaired) electrons. The lowest BCUT2D eigenvalue weighted by molar-refractivity contribution is -0.120. The molecule has 10 nitrogen and oxygen atoms in total. The lowest BCUT2D eigenvalue weighted by atomic mass is 10.1. The second-order valence-electron chi connectivity index (χ2n) is 8.10. The van der Waals surface area contributed by atoms with Crippen LogP contribution in [0.15, 0.2) is 65.6 Å². The van der Waals surface area contributed by atoms with Crippen LogP contribution in [0, 0.1) is 0 Å². The number of sulfonamides is 1. The van der Waals surface area contributed by atoms with Crippen molar-refractivity contribution in [3.8, 4) is 28.7 Å². The Morgan fingerprint density at radius 2 is 1.42 bits per heavy atom. The van der Waals surface area contributed by atoms with Gasteiger partial charge in [0.15, 0.2) is 11.5 Å². The maximum atomic E-state index is 14.0. The predicted molar refractivity (Wildman–Crippen MR) is 143 cm³/mol. The molecule has 3 rings (SSSR count). The molecule has 0 aliphatic heterocycles. The molecule has 11 heteroatoms. The Morgan fingerprint density at radius 3 is 2.05 bits per heavy atom. The molecule has 1 amide bonds. The number of nitrogens with one attached hydrogen (secondary N) is 1. The van der Waals surface area contributed by atoms with E-state index >= 15 is 0 Å². The first-order valence-corrected chi connectivity index (χ1v) is 13.0. The van der Waals surface area contributed by atoms with E-state index in [-0.39, 0.29) is 22.1 Å². The van der Waals surface area contributed by atoms with Gasteiger partial charge in [-0.15, -0.1) is 0 Å². The zero-order valence-corrected chi connectivity index (χ0v) is 23.0. The molecule has 1 atom stereocenters. The molecule has 38 heavy (non-hydrogen) atoms. The Bertz CT molecular complexity index is 1380. The number of hydrogen-bond donors (Lipinski definition) is 1. The van der Waals surface area contributed by atoms with E-state index < -0.39 is 28.5 Å². The van der Waals surface area contributed by atoms with Crippen molar-refractivity contribution >= 4 is 21.6 Å². The summed E-state index contributed by atoms with van der Waals surface area (Å²) in [6, 6.07) is 15.7. The number of rotatable bonds is 12. The van der Waals surface area contributed by atoms with Crippen LogP contribution in [-0.4, -0.2) is 56.4 Å². The molecule has 0 saturated carbocycles. The number of nitrogens with zero attached hydrogens (tertiary/aromatic N) is 1. The Morgan fingerprint density at radius 1 is 0.789 bits per heavy atom. The molecule has 204 valence electrons. The van der Waals surface area contributed by atoms with E-state index in [0.29, 0.717) is 17.2 Å². The van der Waals surface area contributed by atoms with Gasteiger partial charge in [0, 0.05) is 17.7 Å². The van der Waals surface area contributed by atoms with E-state index in [4.69, 9.17) is 23.7 Å². The van der Waals surface area contributed by atoms with Crippen molar-refractivity contribution in [1.82, 2.24) is 5.32 Å². The second kappa shape index (κ2) is 12.4. The third kappa shape index (κ3) is 6.05. The molecule has 3 aromatic carbocycles. The van der Waals surface area contributed by atoms with Gasteiger partial charge in [-0.25, -0.2) is 8.42 Å². The van der Waals surface area contributed by atoms with E-state index in [9.17, 15) is 13.2 Å². The molecule has 3 aromatic rings. The van der Waals surface area contributed by atoms with Gasteiger partial charge in [0.2, 0.25) is 5.91 Å². The summed E-state index contributed by atoms with van der Waals surface area (Å²) in [7, 11) is 2.97. The molecule has 0 fully saturated rings. The highest BCUT2D eigenvalue weighted by molar-refractivity contribution is 7.92. The predicted octanol–water partition coefficient (Wildman–Crippen LogP) is 3.80. The van der Waals surface area contributed by atoms with Crippen LogP contribution in [0.2, 0.25) is 0 Å². The number of hydrogen-bond acceptors (Lipinski definition) is 8. The highest BCUT2D eigenvalue weighted by Crippen LogP contribution is 2.37. The summed E-state index contributed by atoms with van der Waals surface area (Å²) in [6.07, 6.45) is 0. The molecule has 0 saturated heterocycles. The van der Waals surface area contributed by atoms with Crippen LogP contribution in [0.3, 0.4) is 0 Å². The van der Waals surface area contributed by atoms with Gasteiger partial charge < -0.3 is 29.0 Å². The number of carbonyl (C=O) groups is 1. The summed E-state index contributed by atoms with van der Waals surface area (Å²) in [6.45, 7) is 1.24. The van der Waals surface area contributed by atoms with E-state index in [2.05, 4.69) is 5.32 Å². The smallest absolute Gasteiger partial charge is 0.265 e. The van der Waals surface area contributed by atoms with Crippen LogP contribution >= 0.6 is 0 Å². The van der Waals surface area contributed by atoms with Gasteiger partial charge in [-0.3, -0.25) is 9.10 Å². The summed E-state index contributed by atoms with van der Waals surface area (Å²) in [5.74, 6) is 1.26. The van der Waals surface area contributed by atoms with Crippen LogP contribution in [0.1, 0.15) is 18.5 Å². The topological polar surface area (TPSA) is 113 Å². The molecule has 0 heterocycles. The molecule has 0 aromatic heterocycles. The monoisotopic (exact) mass is 544 g/mol. The molecule has 0 aliphatic carbocycles. The Labute approximate surface area is 223 Å². The highest BCUT2D eigenvalue weighted by Gasteiger charge is 2.31. The summed E-state index contributed by atoms with van der Waals surface area (Å²) >= 11 is 0.